The van der Waals surface area contributed by atoms with Crippen molar-refractivity contribution in [2.24, 2.45) is 0 Å². The van der Waals surface area contributed by atoms with E-state index >= 15 is 0 Å². The summed E-state index contributed by atoms with van der Waals surface area (Å²) in [5.41, 5.74) is -0.995. The molecule has 0 fully saturated rings. The summed E-state index contributed by atoms with van der Waals surface area (Å²) in [6.07, 6.45) is -1.88. The SMILES string of the molecule is CC(C)(C)OC(=O)NC(C)(C)C(CC(=O)O)NC(=O)OCc1ccccc1. The van der Waals surface area contributed by atoms with Crippen LogP contribution < -0.4 is 10.6 Å². The number of rotatable bonds is 7. The van der Waals surface area contributed by atoms with E-state index in [2.05, 4.69) is 10.6 Å². The maximum absolute atomic E-state index is 12.1. The van der Waals surface area contributed by atoms with Gasteiger partial charge in [0.05, 0.1) is 18.0 Å². The molecule has 0 heterocycles. The Kier molecular flexibility index (Phi) is 7.63. The molecule has 2 amide bonds. The summed E-state index contributed by atoms with van der Waals surface area (Å²) in [5, 5.41) is 14.3. The summed E-state index contributed by atoms with van der Waals surface area (Å²) >= 11 is 0. The van der Waals surface area contributed by atoms with Gasteiger partial charge in [-0.2, -0.15) is 0 Å². The minimum Gasteiger partial charge on any atom is -0.481 e. The molecule has 0 aliphatic carbocycles. The van der Waals surface area contributed by atoms with E-state index in [0.717, 1.165) is 5.56 Å². The van der Waals surface area contributed by atoms with E-state index in [1.807, 2.05) is 18.2 Å². The molecule has 27 heavy (non-hydrogen) atoms. The lowest BCUT2D eigenvalue weighted by Gasteiger charge is -2.35. The second-order valence-electron chi connectivity index (χ2n) is 7.71. The second-order valence-corrected chi connectivity index (χ2v) is 7.71. The van der Waals surface area contributed by atoms with Gasteiger partial charge < -0.3 is 25.2 Å². The normalized spacial score (nSPS) is 12.6. The summed E-state index contributed by atoms with van der Waals surface area (Å²) in [6, 6.07) is 8.17. The molecule has 1 aromatic carbocycles. The maximum Gasteiger partial charge on any atom is 0.408 e. The van der Waals surface area contributed by atoms with Crippen LogP contribution in [0.5, 0.6) is 0 Å². The van der Waals surface area contributed by atoms with Crippen LogP contribution in [0.15, 0.2) is 30.3 Å². The van der Waals surface area contributed by atoms with Crippen molar-refractivity contribution >= 4 is 18.2 Å². The van der Waals surface area contributed by atoms with Gasteiger partial charge in [-0.05, 0) is 40.2 Å². The predicted molar refractivity (Wildman–Crippen MR) is 99.3 cm³/mol. The average Bonchev–Trinajstić information content (AvgIpc) is 2.50. The van der Waals surface area contributed by atoms with Gasteiger partial charge in [-0.25, -0.2) is 9.59 Å². The van der Waals surface area contributed by atoms with E-state index in [1.54, 1.807) is 46.8 Å². The molecule has 1 rings (SSSR count). The number of alkyl carbamates (subject to hydrolysis) is 2. The van der Waals surface area contributed by atoms with Crippen LogP contribution in [-0.4, -0.2) is 40.4 Å². The monoisotopic (exact) mass is 380 g/mol. The Hall–Kier alpha value is -2.77. The molecule has 0 saturated carbocycles. The van der Waals surface area contributed by atoms with Crippen molar-refractivity contribution in [2.75, 3.05) is 0 Å². The van der Waals surface area contributed by atoms with Gasteiger partial charge in [-0.3, -0.25) is 4.79 Å². The van der Waals surface area contributed by atoms with Gasteiger partial charge in [-0.15, -0.1) is 0 Å². The van der Waals surface area contributed by atoms with Crippen molar-refractivity contribution in [3.05, 3.63) is 35.9 Å². The van der Waals surface area contributed by atoms with E-state index < -0.39 is 41.8 Å². The molecule has 1 atom stereocenters. The summed E-state index contributed by atoms with van der Waals surface area (Å²) in [6.45, 7) is 8.39. The lowest BCUT2D eigenvalue weighted by Crippen LogP contribution is -2.60. The molecule has 0 bridgehead atoms. The number of hydrogen-bond acceptors (Lipinski definition) is 5. The Balaban J connectivity index is 2.73. The fraction of sp³-hybridized carbons (Fsp3) is 0.526. The quantitative estimate of drug-likeness (QED) is 0.670. The maximum atomic E-state index is 12.1. The highest BCUT2D eigenvalue weighted by Gasteiger charge is 2.35. The minimum absolute atomic E-state index is 0.0480. The molecule has 8 nitrogen and oxygen atoms in total. The Bertz CT molecular complexity index is 652. The lowest BCUT2D eigenvalue weighted by atomic mass is 9.92. The van der Waals surface area contributed by atoms with Gasteiger partial charge in [0.15, 0.2) is 0 Å². The molecule has 0 spiro atoms. The van der Waals surface area contributed by atoms with Crippen molar-refractivity contribution in [3.8, 4) is 0 Å². The molecule has 0 aliphatic heterocycles. The zero-order valence-electron chi connectivity index (χ0n) is 16.4. The van der Waals surface area contributed by atoms with Crippen molar-refractivity contribution in [1.82, 2.24) is 10.6 Å². The Morgan fingerprint density at radius 3 is 2.15 bits per heavy atom. The van der Waals surface area contributed by atoms with Gasteiger partial charge in [0.2, 0.25) is 0 Å². The third-order valence-electron chi connectivity index (χ3n) is 3.58. The molecule has 1 unspecified atom stereocenters. The van der Waals surface area contributed by atoms with Gasteiger partial charge in [0.25, 0.3) is 0 Å². The number of amides is 2. The summed E-state index contributed by atoms with van der Waals surface area (Å²) in [7, 11) is 0. The lowest BCUT2D eigenvalue weighted by molar-refractivity contribution is -0.138. The average molecular weight is 380 g/mol. The number of carbonyl (C=O) groups excluding carboxylic acids is 2. The minimum atomic E-state index is -1.12. The first-order valence-corrected chi connectivity index (χ1v) is 8.59. The van der Waals surface area contributed by atoms with Crippen molar-refractivity contribution in [2.45, 2.75) is 64.8 Å². The van der Waals surface area contributed by atoms with Crippen LogP contribution in [0.4, 0.5) is 9.59 Å². The van der Waals surface area contributed by atoms with Crippen LogP contribution in [-0.2, 0) is 20.9 Å². The van der Waals surface area contributed by atoms with E-state index in [4.69, 9.17) is 14.6 Å². The Morgan fingerprint density at radius 1 is 1.04 bits per heavy atom. The van der Waals surface area contributed by atoms with Crippen LogP contribution in [0.2, 0.25) is 0 Å². The molecule has 0 saturated heterocycles. The Labute approximate surface area is 159 Å². The topological polar surface area (TPSA) is 114 Å². The zero-order valence-corrected chi connectivity index (χ0v) is 16.4. The van der Waals surface area contributed by atoms with Crippen LogP contribution in [0, 0.1) is 0 Å². The number of ether oxygens (including phenoxy) is 2. The number of carboxylic acid groups (broad SMARTS) is 1. The molecule has 1 aromatic rings. The number of aliphatic carboxylic acids is 1. The fourth-order valence-electron chi connectivity index (χ4n) is 2.22. The van der Waals surface area contributed by atoms with E-state index in [9.17, 15) is 14.4 Å². The Morgan fingerprint density at radius 2 is 1.63 bits per heavy atom. The second kappa shape index (κ2) is 9.25. The van der Waals surface area contributed by atoms with Gasteiger partial charge >= 0.3 is 18.2 Å². The van der Waals surface area contributed by atoms with Gasteiger partial charge in [-0.1, -0.05) is 30.3 Å². The molecular formula is C19H28N2O6. The van der Waals surface area contributed by atoms with E-state index in [0.29, 0.717) is 0 Å². The highest BCUT2D eigenvalue weighted by molar-refractivity contribution is 5.73. The van der Waals surface area contributed by atoms with Gasteiger partial charge in [0, 0.05) is 0 Å². The largest absolute Gasteiger partial charge is 0.481 e. The highest BCUT2D eigenvalue weighted by Crippen LogP contribution is 2.16. The van der Waals surface area contributed by atoms with Crippen molar-refractivity contribution < 1.29 is 29.0 Å². The molecule has 0 radical (unpaired) electrons. The highest BCUT2D eigenvalue weighted by atomic mass is 16.6. The van der Waals surface area contributed by atoms with E-state index in [1.165, 1.54) is 0 Å². The first-order chi connectivity index (χ1) is 12.4. The molecule has 3 N–H and O–H groups in total. The number of nitrogens with one attached hydrogen (secondary N) is 2. The van der Waals surface area contributed by atoms with Crippen molar-refractivity contribution in [3.63, 3.8) is 0 Å². The number of carbonyl (C=O) groups is 3. The fourth-order valence-corrected chi connectivity index (χ4v) is 2.22. The van der Waals surface area contributed by atoms with Gasteiger partial charge in [0.1, 0.15) is 12.2 Å². The smallest absolute Gasteiger partial charge is 0.408 e. The summed E-state index contributed by atoms with van der Waals surface area (Å²) < 4.78 is 10.3. The summed E-state index contributed by atoms with van der Waals surface area (Å²) in [4.78, 5) is 35.3. The van der Waals surface area contributed by atoms with Crippen LogP contribution in [0.25, 0.3) is 0 Å². The van der Waals surface area contributed by atoms with Crippen LogP contribution >= 0.6 is 0 Å². The molecule has 8 heteroatoms. The number of hydrogen-bond donors (Lipinski definition) is 3. The first kappa shape index (κ1) is 22.3. The standard InChI is InChI=1S/C19H28N2O6/c1-18(2,3)27-17(25)21-19(4,5)14(11-15(22)23)20-16(24)26-12-13-9-7-6-8-10-13/h6-10,14H,11-12H2,1-5H3,(H,20,24)(H,21,25)(H,22,23). The first-order valence-electron chi connectivity index (χ1n) is 8.59. The predicted octanol–water partition coefficient (Wildman–Crippen LogP) is 3.06. The molecule has 0 aliphatic rings. The zero-order chi connectivity index (χ0) is 20.7. The molecular weight excluding hydrogens is 352 g/mol. The van der Waals surface area contributed by atoms with Crippen LogP contribution in [0.1, 0.15) is 46.6 Å². The van der Waals surface area contributed by atoms with E-state index in [-0.39, 0.29) is 6.61 Å². The molecule has 0 aromatic heterocycles. The third kappa shape index (κ3) is 8.94. The third-order valence-corrected chi connectivity index (χ3v) is 3.58. The van der Waals surface area contributed by atoms with Crippen molar-refractivity contribution in [1.29, 1.82) is 0 Å². The number of carboxylic acids is 1. The molecule has 150 valence electrons. The van der Waals surface area contributed by atoms with Crippen LogP contribution in [0.3, 0.4) is 0 Å². The summed E-state index contributed by atoms with van der Waals surface area (Å²) in [5.74, 6) is -1.12. The number of benzene rings is 1.